The van der Waals surface area contributed by atoms with Gasteiger partial charge in [-0.15, -0.1) is 0 Å². The second-order valence-corrected chi connectivity index (χ2v) is 8.92. The van der Waals surface area contributed by atoms with Crippen molar-refractivity contribution in [1.82, 2.24) is 24.3 Å². The van der Waals surface area contributed by atoms with Gasteiger partial charge in [-0.25, -0.2) is 18.7 Å². The first-order valence-electron chi connectivity index (χ1n) is 12.3. The number of nitrogens with zero attached hydrogens (tertiary/aromatic N) is 5. The van der Waals surface area contributed by atoms with Crippen LogP contribution in [0.25, 0.3) is 22.4 Å². The molecule has 2 fully saturated rings. The van der Waals surface area contributed by atoms with E-state index in [9.17, 15) is 13.6 Å². The molecule has 3 aromatic rings. The minimum atomic E-state index is -0.947. The highest BCUT2D eigenvalue weighted by Crippen LogP contribution is 2.22. The van der Waals surface area contributed by atoms with Gasteiger partial charge in [-0.1, -0.05) is 0 Å². The third-order valence-corrected chi connectivity index (χ3v) is 6.57. The van der Waals surface area contributed by atoms with Crippen molar-refractivity contribution in [3.05, 3.63) is 52.3 Å². The van der Waals surface area contributed by atoms with E-state index < -0.39 is 11.6 Å². The van der Waals surface area contributed by atoms with Crippen molar-refractivity contribution in [3.63, 3.8) is 0 Å². The van der Waals surface area contributed by atoms with E-state index in [4.69, 9.17) is 9.47 Å². The molecule has 2 saturated heterocycles. The zero-order chi connectivity index (χ0) is 24.9. The number of morpholine rings is 2. The maximum Gasteiger partial charge on any atom is 0.294 e. The topological polar surface area (TPSA) is 84.8 Å². The molecule has 11 heteroatoms. The Morgan fingerprint density at radius 3 is 2.22 bits per heavy atom. The fourth-order valence-corrected chi connectivity index (χ4v) is 4.48. The standard InChI is InChI=1S/C25H30F2N6O3/c26-19-2-1-18(17-20(19)27)21-3-4-22-24(30-21)33(8-7-32-11-15-36-16-12-32)25(34)23(29-22)28-5-6-31-9-13-35-14-10-31/h1-4,17H,5-16H2,(H,28,29). The Morgan fingerprint density at radius 1 is 0.833 bits per heavy atom. The molecule has 0 amide bonds. The number of anilines is 1. The highest BCUT2D eigenvalue weighted by atomic mass is 19.2. The van der Waals surface area contributed by atoms with E-state index in [0.717, 1.165) is 44.9 Å². The second kappa shape index (κ2) is 11.4. The molecule has 0 aliphatic carbocycles. The van der Waals surface area contributed by atoms with Crippen LogP contribution in [0.3, 0.4) is 0 Å². The summed E-state index contributed by atoms with van der Waals surface area (Å²) in [6.45, 7) is 8.55. The van der Waals surface area contributed by atoms with Gasteiger partial charge in [-0.3, -0.25) is 19.2 Å². The molecule has 192 valence electrons. The fourth-order valence-electron chi connectivity index (χ4n) is 4.48. The number of fused-ring (bicyclic) bond motifs is 1. The lowest BCUT2D eigenvalue weighted by Gasteiger charge is -2.27. The van der Waals surface area contributed by atoms with Crippen molar-refractivity contribution in [2.75, 3.05) is 77.6 Å². The van der Waals surface area contributed by atoms with Gasteiger partial charge >= 0.3 is 0 Å². The van der Waals surface area contributed by atoms with Crippen molar-refractivity contribution < 1.29 is 18.3 Å². The largest absolute Gasteiger partial charge is 0.379 e. The van der Waals surface area contributed by atoms with E-state index >= 15 is 0 Å². The molecule has 0 spiro atoms. The number of pyridine rings is 1. The number of hydrogen-bond acceptors (Lipinski definition) is 8. The second-order valence-electron chi connectivity index (χ2n) is 8.92. The summed E-state index contributed by atoms with van der Waals surface area (Å²) in [5, 5.41) is 3.21. The Hall–Kier alpha value is -2.99. The molecular formula is C25H30F2N6O3. The smallest absolute Gasteiger partial charge is 0.294 e. The summed E-state index contributed by atoms with van der Waals surface area (Å²) in [6, 6.07) is 7.11. The molecular weight excluding hydrogens is 470 g/mol. The minimum absolute atomic E-state index is 0.257. The number of nitrogens with one attached hydrogen (secondary N) is 1. The maximum atomic E-state index is 13.8. The molecule has 5 rings (SSSR count). The Morgan fingerprint density at radius 2 is 1.53 bits per heavy atom. The van der Waals surface area contributed by atoms with E-state index in [-0.39, 0.29) is 11.4 Å². The molecule has 1 aromatic carbocycles. The van der Waals surface area contributed by atoms with Crippen LogP contribution in [-0.2, 0) is 16.0 Å². The first-order chi connectivity index (χ1) is 17.6. The number of benzene rings is 1. The van der Waals surface area contributed by atoms with Crippen LogP contribution in [0.2, 0.25) is 0 Å². The predicted octanol–water partition coefficient (Wildman–Crippen LogP) is 1.81. The van der Waals surface area contributed by atoms with Crippen LogP contribution in [0, 0.1) is 11.6 Å². The lowest BCUT2D eigenvalue weighted by Crippen LogP contribution is -2.40. The summed E-state index contributed by atoms with van der Waals surface area (Å²) in [5.74, 6) is -1.59. The van der Waals surface area contributed by atoms with Gasteiger partial charge in [0.1, 0.15) is 5.52 Å². The molecule has 1 N–H and O–H groups in total. The van der Waals surface area contributed by atoms with Gasteiger partial charge in [0.25, 0.3) is 5.56 Å². The number of halogens is 2. The Kier molecular flexibility index (Phi) is 7.81. The van der Waals surface area contributed by atoms with Crippen LogP contribution in [0.15, 0.2) is 35.1 Å². The van der Waals surface area contributed by atoms with Crippen molar-refractivity contribution >= 4 is 17.0 Å². The zero-order valence-corrected chi connectivity index (χ0v) is 20.1. The summed E-state index contributed by atoms with van der Waals surface area (Å²) in [5.41, 5.74) is 1.57. The molecule has 0 bridgehead atoms. The normalized spacial score (nSPS) is 17.5. The van der Waals surface area contributed by atoms with Crippen LogP contribution >= 0.6 is 0 Å². The lowest BCUT2D eigenvalue weighted by atomic mass is 10.1. The van der Waals surface area contributed by atoms with E-state index in [1.54, 1.807) is 16.7 Å². The van der Waals surface area contributed by atoms with Gasteiger partial charge in [-0.2, -0.15) is 0 Å². The highest BCUT2D eigenvalue weighted by Gasteiger charge is 2.17. The van der Waals surface area contributed by atoms with Crippen LogP contribution in [-0.4, -0.2) is 96.6 Å². The van der Waals surface area contributed by atoms with Gasteiger partial charge < -0.3 is 14.8 Å². The van der Waals surface area contributed by atoms with Gasteiger partial charge in [0.2, 0.25) is 0 Å². The Bertz CT molecular complexity index is 1260. The van der Waals surface area contributed by atoms with E-state index in [1.807, 2.05) is 0 Å². The SMILES string of the molecule is O=c1c(NCCN2CCOCC2)nc2ccc(-c3ccc(F)c(F)c3)nc2n1CCN1CCOCC1. The molecule has 4 heterocycles. The fraction of sp³-hybridized carbons (Fsp3) is 0.480. The number of aromatic nitrogens is 3. The molecule has 2 aliphatic heterocycles. The Balaban J connectivity index is 1.44. The summed E-state index contributed by atoms with van der Waals surface area (Å²) in [6.07, 6.45) is 0. The summed E-state index contributed by atoms with van der Waals surface area (Å²) >= 11 is 0. The monoisotopic (exact) mass is 500 g/mol. The first kappa shape index (κ1) is 24.7. The average molecular weight is 501 g/mol. The average Bonchev–Trinajstić information content (AvgIpc) is 2.91. The van der Waals surface area contributed by atoms with Gasteiger partial charge in [0.15, 0.2) is 23.1 Å². The lowest BCUT2D eigenvalue weighted by molar-refractivity contribution is 0.0364. The molecule has 36 heavy (non-hydrogen) atoms. The molecule has 2 aromatic heterocycles. The summed E-state index contributed by atoms with van der Waals surface area (Å²) < 4.78 is 39.7. The van der Waals surface area contributed by atoms with Crippen molar-refractivity contribution in [2.45, 2.75) is 6.54 Å². The zero-order valence-electron chi connectivity index (χ0n) is 20.1. The molecule has 2 aliphatic rings. The Labute approximate surface area is 207 Å². The van der Waals surface area contributed by atoms with E-state index in [0.29, 0.717) is 68.5 Å². The number of ether oxygens (including phenoxy) is 2. The minimum Gasteiger partial charge on any atom is -0.379 e. The third-order valence-electron chi connectivity index (χ3n) is 6.57. The van der Waals surface area contributed by atoms with E-state index in [2.05, 4.69) is 25.1 Å². The van der Waals surface area contributed by atoms with Crippen LogP contribution < -0.4 is 10.9 Å². The molecule has 0 saturated carbocycles. The van der Waals surface area contributed by atoms with Crippen molar-refractivity contribution in [2.24, 2.45) is 0 Å². The van der Waals surface area contributed by atoms with Crippen LogP contribution in [0.5, 0.6) is 0 Å². The van der Waals surface area contributed by atoms with Gasteiger partial charge in [0.05, 0.1) is 32.1 Å². The molecule has 0 atom stereocenters. The van der Waals surface area contributed by atoms with Gasteiger partial charge in [-0.05, 0) is 30.3 Å². The maximum absolute atomic E-state index is 13.8. The van der Waals surface area contributed by atoms with Crippen molar-refractivity contribution in [3.8, 4) is 11.3 Å². The summed E-state index contributed by atoms with van der Waals surface area (Å²) in [7, 11) is 0. The molecule has 0 unspecified atom stereocenters. The highest BCUT2D eigenvalue weighted by molar-refractivity contribution is 5.76. The van der Waals surface area contributed by atoms with E-state index in [1.165, 1.54) is 6.07 Å². The van der Waals surface area contributed by atoms with Gasteiger partial charge in [0, 0.05) is 57.9 Å². The third kappa shape index (κ3) is 5.70. The van der Waals surface area contributed by atoms with Crippen LogP contribution in [0.1, 0.15) is 0 Å². The van der Waals surface area contributed by atoms with Crippen LogP contribution in [0.4, 0.5) is 14.6 Å². The summed E-state index contributed by atoms with van der Waals surface area (Å²) in [4.78, 5) is 27.2. The number of hydrogen-bond donors (Lipinski definition) is 1. The quantitative estimate of drug-likeness (QED) is 0.502. The number of rotatable bonds is 8. The predicted molar refractivity (Wildman–Crippen MR) is 132 cm³/mol. The molecule has 9 nitrogen and oxygen atoms in total. The first-order valence-corrected chi connectivity index (χ1v) is 12.3. The van der Waals surface area contributed by atoms with Crippen molar-refractivity contribution in [1.29, 1.82) is 0 Å². The molecule has 0 radical (unpaired) electrons.